The molecule has 0 heterocycles. The molecular weight excluding hydrogens is 326 g/mol. The molecule has 5 heteroatoms. The number of halogens is 1. The minimum absolute atomic E-state index is 0.0734. The van der Waals surface area contributed by atoms with E-state index in [0.29, 0.717) is 17.9 Å². The molecular formula is C14H20BrNO2S. The SMILES string of the molecule is Cc1ccc(C(=O)NCCSCC(C)(C)O)c(Br)c1. The minimum atomic E-state index is -0.658. The first-order chi connectivity index (χ1) is 8.79. The summed E-state index contributed by atoms with van der Waals surface area (Å²) in [5, 5.41) is 12.4. The molecule has 0 radical (unpaired) electrons. The van der Waals surface area contributed by atoms with Crippen LogP contribution in [0.1, 0.15) is 29.8 Å². The Kier molecular flexibility index (Phi) is 6.36. The van der Waals surface area contributed by atoms with Crippen molar-refractivity contribution in [3.63, 3.8) is 0 Å². The molecule has 0 spiro atoms. The fourth-order valence-corrected chi connectivity index (χ4v) is 3.02. The van der Waals surface area contributed by atoms with Crippen LogP contribution in [0.4, 0.5) is 0 Å². The van der Waals surface area contributed by atoms with E-state index in [1.54, 1.807) is 25.6 Å². The molecule has 0 aromatic heterocycles. The maximum absolute atomic E-state index is 11.9. The number of benzene rings is 1. The van der Waals surface area contributed by atoms with Gasteiger partial charge in [0, 0.05) is 22.5 Å². The fourth-order valence-electron chi connectivity index (χ4n) is 1.46. The number of rotatable bonds is 6. The summed E-state index contributed by atoms with van der Waals surface area (Å²) in [5.74, 6) is 1.38. The van der Waals surface area contributed by atoms with Crippen LogP contribution in [0, 0.1) is 6.92 Å². The summed E-state index contributed by atoms with van der Waals surface area (Å²) in [7, 11) is 0. The van der Waals surface area contributed by atoms with Crippen molar-refractivity contribution >= 4 is 33.6 Å². The highest BCUT2D eigenvalue weighted by atomic mass is 79.9. The maximum atomic E-state index is 11.9. The zero-order valence-electron chi connectivity index (χ0n) is 11.5. The molecule has 1 aromatic rings. The van der Waals surface area contributed by atoms with Crippen LogP contribution in [0.3, 0.4) is 0 Å². The normalized spacial score (nSPS) is 11.4. The molecule has 0 aliphatic carbocycles. The van der Waals surface area contributed by atoms with Crippen LogP contribution >= 0.6 is 27.7 Å². The lowest BCUT2D eigenvalue weighted by atomic mass is 10.1. The lowest BCUT2D eigenvalue weighted by molar-refractivity contribution is 0.0955. The van der Waals surface area contributed by atoms with Crippen molar-refractivity contribution in [2.24, 2.45) is 0 Å². The first-order valence-electron chi connectivity index (χ1n) is 6.14. The van der Waals surface area contributed by atoms with Gasteiger partial charge in [-0.05, 0) is 54.4 Å². The number of hydrogen-bond acceptors (Lipinski definition) is 3. The van der Waals surface area contributed by atoms with E-state index >= 15 is 0 Å². The smallest absolute Gasteiger partial charge is 0.252 e. The number of aliphatic hydroxyl groups is 1. The second-order valence-electron chi connectivity index (χ2n) is 5.10. The minimum Gasteiger partial charge on any atom is -0.390 e. The Balaban J connectivity index is 2.36. The molecule has 0 aliphatic rings. The van der Waals surface area contributed by atoms with E-state index in [4.69, 9.17) is 0 Å². The van der Waals surface area contributed by atoms with Crippen LogP contribution in [0.15, 0.2) is 22.7 Å². The van der Waals surface area contributed by atoms with Gasteiger partial charge >= 0.3 is 0 Å². The maximum Gasteiger partial charge on any atom is 0.252 e. The average molecular weight is 346 g/mol. The van der Waals surface area contributed by atoms with Gasteiger partial charge in [-0.25, -0.2) is 0 Å². The van der Waals surface area contributed by atoms with Gasteiger partial charge in [-0.1, -0.05) is 6.07 Å². The van der Waals surface area contributed by atoms with Gasteiger partial charge in [0.05, 0.1) is 11.2 Å². The van der Waals surface area contributed by atoms with Crippen LogP contribution in [-0.2, 0) is 0 Å². The standard InChI is InChI=1S/C14H20BrNO2S/c1-10-4-5-11(12(15)8-10)13(17)16-6-7-19-9-14(2,3)18/h4-5,8,18H,6-7,9H2,1-3H3,(H,16,17). The van der Waals surface area contributed by atoms with Gasteiger partial charge < -0.3 is 10.4 Å². The Morgan fingerprint density at radius 2 is 2.16 bits per heavy atom. The van der Waals surface area contributed by atoms with Crippen LogP contribution in [-0.4, -0.2) is 34.7 Å². The lowest BCUT2D eigenvalue weighted by Crippen LogP contribution is -2.27. The van der Waals surface area contributed by atoms with Gasteiger partial charge in [0.1, 0.15) is 0 Å². The largest absolute Gasteiger partial charge is 0.390 e. The third-order valence-electron chi connectivity index (χ3n) is 2.36. The van der Waals surface area contributed by atoms with E-state index < -0.39 is 5.60 Å². The molecule has 0 fully saturated rings. The van der Waals surface area contributed by atoms with Gasteiger partial charge in [-0.15, -0.1) is 0 Å². The van der Waals surface area contributed by atoms with Gasteiger partial charge in [-0.3, -0.25) is 4.79 Å². The Morgan fingerprint density at radius 1 is 1.47 bits per heavy atom. The van der Waals surface area contributed by atoms with E-state index in [2.05, 4.69) is 21.2 Å². The number of carbonyl (C=O) groups excluding carboxylic acids is 1. The first kappa shape index (κ1) is 16.5. The van der Waals surface area contributed by atoms with Crippen molar-refractivity contribution in [2.45, 2.75) is 26.4 Å². The number of thioether (sulfide) groups is 1. The summed E-state index contributed by atoms with van der Waals surface area (Å²) in [4.78, 5) is 11.9. The molecule has 19 heavy (non-hydrogen) atoms. The van der Waals surface area contributed by atoms with Gasteiger partial charge in [-0.2, -0.15) is 11.8 Å². The third-order valence-corrected chi connectivity index (χ3v) is 4.42. The zero-order chi connectivity index (χ0) is 14.5. The molecule has 1 rings (SSSR count). The highest BCUT2D eigenvalue weighted by Crippen LogP contribution is 2.18. The monoisotopic (exact) mass is 345 g/mol. The quantitative estimate of drug-likeness (QED) is 0.779. The molecule has 0 saturated heterocycles. The van der Waals surface area contributed by atoms with Gasteiger partial charge in [0.25, 0.3) is 5.91 Å². The van der Waals surface area contributed by atoms with Crippen molar-refractivity contribution in [2.75, 3.05) is 18.1 Å². The topological polar surface area (TPSA) is 49.3 Å². The van der Waals surface area contributed by atoms with Crippen LogP contribution in [0.5, 0.6) is 0 Å². The molecule has 106 valence electrons. The van der Waals surface area contributed by atoms with Gasteiger partial charge in [0.15, 0.2) is 0 Å². The van der Waals surface area contributed by atoms with Crippen molar-refractivity contribution in [3.05, 3.63) is 33.8 Å². The number of carbonyl (C=O) groups is 1. The van der Waals surface area contributed by atoms with Crippen LogP contribution in [0.2, 0.25) is 0 Å². The number of hydrogen-bond donors (Lipinski definition) is 2. The lowest BCUT2D eigenvalue weighted by Gasteiger charge is -2.16. The van der Waals surface area contributed by atoms with Crippen molar-refractivity contribution in [3.8, 4) is 0 Å². The summed E-state index contributed by atoms with van der Waals surface area (Å²) >= 11 is 5.02. The highest BCUT2D eigenvalue weighted by molar-refractivity contribution is 9.10. The van der Waals surface area contributed by atoms with E-state index in [1.165, 1.54) is 0 Å². The third kappa shape index (κ3) is 6.45. The van der Waals surface area contributed by atoms with Gasteiger partial charge in [0.2, 0.25) is 0 Å². The summed E-state index contributed by atoms with van der Waals surface area (Å²) < 4.78 is 0.814. The number of aryl methyl sites for hydroxylation is 1. The summed E-state index contributed by atoms with van der Waals surface area (Å²) in [6, 6.07) is 5.67. The molecule has 2 N–H and O–H groups in total. The second-order valence-corrected chi connectivity index (χ2v) is 7.06. The number of nitrogens with one attached hydrogen (secondary N) is 1. The van der Waals surface area contributed by atoms with Crippen LogP contribution in [0.25, 0.3) is 0 Å². The Hall–Kier alpha value is -0.520. The first-order valence-corrected chi connectivity index (χ1v) is 8.09. The average Bonchev–Trinajstić information content (AvgIpc) is 2.26. The van der Waals surface area contributed by atoms with E-state index in [0.717, 1.165) is 15.8 Å². The van der Waals surface area contributed by atoms with Crippen molar-refractivity contribution in [1.82, 2.24) is 5.32 Å². The summed E-state index contributed by atoms with van der Waals surface area (Å²) in [6.45, 7) is 6.14. The molecule has 0 atom stereocenters. The predicted molar refractivity (Wildman–Crippen MR) is 84.8 cm³/mol. The second kappa shape index (κ2) is 7.31. The predicted octanol–water partition coefficient (Wildman–Crippen LogP) is 2.99. The van der Waals surface area contributed by atoms with E-state index in [-0.39, 0.29) is 5.91 Å². The zero-order valence-corrected chi connectivity index (χ0v) is 13.9. The molecule has 0 aliphatic heterocycles. The fraction of sp³-hybridized carbons (Fsp3) is 0.500. The molecule has 0 unspecified atom stereocenters. The van der Waals surface area contributed by atoms with Crippen molar-refractivity contribution < 1.29 is 9.90 Å². The highest BCUT2D eigenvalue weighted by Gasteiger charge is 2.12. The van der Waals surface area contributed by atoms with E-state index in [1.807, 2.05) is 25.1 Å². The summed E-state index contributed by atoms with van der Waals surface area (Å²) in [6.07, 6.45) is 0. The molecule has 0 bridgehead atoms. The molecule has 3 nitrogen and oxygen atoms in total. The molecule has 1 aromatic carbocycles. The summed E-state index contributed by atoms with van der Waals surface area (Å²) in [5.41, 5.74) is 1.11. The van der Waals surface area contributed by atoms with Crippen LogP contribution < -0.4 is 5.32 Å². The molecule has 1 amide bonds. The molecule has 0 saturated carbocycles. The van der Waals surface area contributed by atoms with Crippen molar-refractivity contribution in [1.29, 1.82) is 0 Å². The number of amides is 1. The Morgan fingerprint density at radius 3 is 2.74 bits per heavy atom. The van der Waals surface area contributed by atoms with E-state index in [9.17, 15) is 9.90 Å². The Bertz CT molecular complexity index is 444. The Labute approximate surface area is 127 Å².